The molecule has 0 bridgehead atoms. The first kappa shape index (κ1) is 17.4. The van der Waals surface area contributed by atoms with Crippen molar-refractivity contribution in [3.05, 3.63) is 46.0 Å². The molecule has 7 heteroatoms. The van der Waals surface area contributed by atoms with Crippen LogP contribution in [0.1, 0.15) is 18.9 Å². The first-order valence-electron chi connectivity index (χ1n) is 6.76. The molecule has 0 N–H and O–H groups in total. The van der Waals surface area contributed by atoms with Crippen molar-refractivity contribution in [3.8, 4) is 0 Å². The van der Waals surface area contributed by atoms with Crippen LogP contribution in [0.25, 0.3) is 6.08 Å². The summed E-state index contributed by atoms with van der Waals surface area (Å²) in [5, 5.41) is 10.9. The summed E-state index contributed by atoms with van der Waals surface area (Å²) in [5.74, 6) is -0.710. The molecule has 1 amide bonds. The van der Waals surface area contributed by atoms with Crippen molar-refractivity contribution in [2.75, 3.05) is 20.2 Å². The van der Waals surface area contributed by atoms with E-state index in [2.05, 4.69) is 4.74 Å². The van der Waals surface area contributed by atoms with Crippen LogP contribution in [-0.4, -0.2) is 41.9 Å². The van der Waals surface area contributed by atoms with Crippen LogP contribution in [0.15, 0.2) is 30.3 Å². The highest BCUT2D eigenvalue weighted by Crippen LogP contribution is 2.19. The number of likely N-dealkylation sites (N-methyl/N-ethyl adjacent to an activating group) is 1. The third-order valence-corrected chi connectivity index (χ3v) is 3.05. The van der Waals surface area contributed by atoms with Crippen LogP contribution in [0.5, 0.6) is 0 Å². The Kier molecular flexibility index (Phi) is 6.75. The molecule has 0 aliphatic heterocycles. The van der Waals surface area contributed by atoms with Crippen molar-refractivity contribution in [1.29, 1.82) is 0 Å². The minimum absolute atomic E-state index is 0.0656. The van der Waals surface area contributed by atoms with Gasteiger partial charge in [0.15, 0.2) is 0 Å². The summed E-state index contributed by atoms with van der Waals surface area (Å²) in [6.45, 7) is 2.45. The quantitative estimate of drug-likeness (QED) is 0.333. The third kappa shape index (κ3) is 5.01. The molecule has 0 aliphatic rings. The van der Waals surface area contributed by atoms with E-state index in [0.717, 1.165) is 0 Å². The van der Waals surface area contributed by atoms with E-state index in [4.69, 9.17) is 0 Å². The number of hydrogen-bond donors (Lipinski definition) is 0. The molecule has 0 spiro atoms. The van der Waals surface area contributed by atoms with Gasteiger partial charge in [-0.2, -0.15) is 0 Å². The Hall–Kier alpha value is -2.70. The molecular formula is C15H18N2O5. The lowest BCUT2D eigenvalue weighted by Crippen LogP contribution is -2.31. The summed E-state index contributed by atoms with van der Waals surface area (Å²) in [7, 11) is 1.29. The van der Waals surface area contributed by atoms with Gasteiger partial charge in [0.05, 0.1) is 24.0 Å². The summed E-state index contributed by atoms with van der Waals surface area (Å²) in [6.07, 6.45) is 2.78. The van der Waals surface area contributed by atoms with Crippen LogP contribution >= 0.6 is 0 Å². The molecule has 0 saturated carbocycles. The maximum Gasteiger partial charge on any atom is 0.307 e. The van der Waals surface area contributed by atoms with Crippen molar-refractivity contribution >= 4 is 23.6 Å². The van der Waals surface area contributed by atoms with Gasteiger partial charge in [0.25, 0.3) is 5.69 Å². The lowest BCUT2D eigenvalue weighted by molar-refractivity contribution is -0.385. The molecule has 0 unspecified atom stereocenters. The maximum absolute atomic E-state index is 12.0. The van der Waals surface area contributed by atoms with Gasteiger partial charge in [-0.1, -0.05) is 12.1 Å². The van der Waals surface area contributed by atoms with E-state index in [1.807, 2.05) is 0 Å². The summed E-state index contributed by atoms with van der Waals surface area (Å²) < 4.78 is 4.53. The minimum Gasteiger partial charge on any atom is -0.469 e. The van der Waals surface area contributed by atoms with E-state index in [1.54, 1.807) is 25.1 Å². The Morgan fingerprint density at radius 1 is 1.36 bits per heavy atom. The topological polar surface area (TPSA) is 89.8 Å². The number of carbonyl (C=O) groups excluding carboxylic acids is 2. The highest BCUT2D eigenvalue weighted by atomic mass is 16.6. The summed E-state index contributed by atoms with van der Waals surface area (Å²) >= 11 is 0. The summed E-state index contributed by atoms with van der Waals surface area (Å²) in [6, 6.07) is 6.16. The minimum atomic E-state index is -0.501. The fourth-order valence-corrected chi connectivity index (χ4v) is 1.81. The van der Waals surface area contributed by atoms with Gasteiger partial charge in [-0.3, -0.25) is 19.7 Å². The highest BCUT2D eigenvalue weighted by molar-refractivity contribution is 5.92. The molecule has 0 saturated heterocycles. The van der Waals surface area contributed by atoms with Crippen LogP contribution in [0.3, 0.4) is 0 Å². The number of nitrogens with zero attached hydrogens (tertiary/aromatic N) is 2. The molecule has 1 aromatic carbocycles. The number of para-hydroxylation sites is 1. The number of nitro benzene ring substituents is 1. The van der Waals surface area contributed by atoms with Crippen molar-refractivity contribution in [2.24, 2.45) is 0 Å². The van der Waals surface area contributed by atoms with Crippen molar-refractivity contribution < 1.29 is 19.2 Å². The zero-order chi connectivity index (χ0) is 16.5. The van der Waals surface area contributed by atoms with Crippen LogP contribution in [0.4, 0.5) is 5.69 Å². The largest absolute Gasteiger partial charge is 0.469 e. The number of methoxy groups -OCH3 is 1. The van der Waals surface area contributed by atoms with E-state index in [-0.39, 0.29) is 24.6 Å². The van der Waals surface area contributed by atoms with E-state index in [9.17, 15) is 19.7 Å². The highest BCUT2D eigenvalue weighted by Gasteiger charge is 2.13. The zero-order valence-corrected chi connectivity index (χ0v) is 12.5. The van der Waals surface area contributed by atoms with E-state index in [1.165, 1.54) is 30.2 Å². The Bertz CT molecular complexity index is 583. The fraction of sp³-hybridized carbons (Fsp3) is 0.333. The number of carbonyl (C=O) groups is 2. The molecule has 1 aromatic rings. The van der Waals surface area contributed by atoms with Gasteiger partial charge < -0.3 is 9.64 Å². The number of esters is 1. The molecule has 22 heavy (non-hydrogen) atoms. The Balaban J connectivity index is 2.77. The lowest BCUT2D eigenvalue weighted by atomic mass is 10.1. The van der Waals surface area contributed by atoms with E-state index >= 15 is 0 Å². The molecule has 0 atom stereocenters. The van der Waals surface area contributed by atoms with E-state index in [0.29, 0.717) is 12.1 Å². The molecule has 0 heterocycles. The number of rotatable bonds is 7. The predicted molar refractivity (Wildman–Crippen MR) is 81.0 cm³/mol. The normalized spacial score (nSPS) is 10.5. The monoisotopic (exact) mass is 306 g/mol. The Labute approximate surface area is 128 Å². The van der Waals surface area contributed by atoms with Crippen molar-refractivity contribution in [2.45, 2.75) is 13.3 Å². The van der Waals surface area contributed by atoms with Gasteiger partial charge in [-0.05, 0) is 19.1 Å². The first-order chi connectivity index (χ1) is 10.5. The number of ether oxygens (including phenoxy) is 1. The van der Waals surface area contributed by atoms with E-state index < -0.39 is 10.9 Å². The van der Waals surface area contributed by atoms with Crippen LogP contribution < -0.4 is 0 Å². The standard InChI is InChI=1S/C15H18N2O5/c1-3-16(11-10-15(19)22-2)14(18)9-8-12-6-4-5-7-13(12)17(20)21/h4-9H,3,10-11H2,1-2H3. The second kappa shape index (κ2) is 8.56. The Morgan fingerprint density at radius 2 is 2.05 bits per heavy atom. The molecule has 0 aliphatic carbocycles. The average Bonchev–Trinajstić information content (AvgIpc) is 2.53. The first-order valence-corrected chi connectivity index (χ1v) is 6.76. The molecule has 7 nitrogen and oxygen atoms in total. The van der Waals surface area contributed by atoms with Crippen molar-refractivity contribution in [1.82, 2.24) is 4.90 Å². The van der Waals surface area contributed by atoms with Crippen molar-refractivity contribution in [3.63, 3.8) is 0 Å². The van der Waals surface area contributed by atoms with Gasteiger partial charge in [0.1, 0.15) is 0 Å². The fourth-order valence-electron chi connectivity index (χ4n) is 1.81. The second-order valence-corrected chi connectivity index (χ2v) is 4.39. The molecule has 0 radical (unpaired) electrons. The molecule has 0 aromatic heterocycles. The average molecular weight is 306 g/mol. The number of benzene rings is 1. The Morgan fingerprint density at radius 3 is 2.64 bits per heavy atom. The van der Waals surface area contributed by atoms with Crippen LogP contribution in [0, 0.1) is 10.1 Å². The molecule has 118 valence electrons. The summed E-state index contributed by atoms with van der Waals surface area (Å²) in [5.41, 5.74) is 0.286. The maximum atomic E-state index is 12.0. The lowest BCUT2D eigenvalue weighted by Gasteiger charge is -2.18. The van der Waals surface area contributed by atoms with Crippen LogP contribution in [-0.2, 0) is 14.3 Å². The van der Waals surface area contributed by atoms with Gasteiger partial charge >= 0.3 is 5.97 Å². The second-order valence-electron chi connectivity index (χ2n) is 4.39. The van der Waals surface area contributed by atoms with Gasteiger partial charge in [0.2, 0.25) is 5.91 Å². The third-order valence-electron chi connectivity index (χ3n) is 3.05. The number of nitro groups is 1. The van der Waals surface area contributed by atoms with Crippen LogP contribution in [0.2, 0.25) is 0 Å². The smallest absolute Gasteiger partial charge is 0.307 e. The van der Waals surface area contributed by atoms with Gasteiger partial charge in [0, 0.05) is 25.2 Å². The predicted octanol–water partition coefficient (Wildman–Crippen LogP) is 2.02. The number of hydrogen-bond acceptors (Lipinski definition) is 5. The molecule has 1 rings (SSSR count). The number of amides is 1. The zero-order valence-electron chi connectivity index (χ0n) is 12.5. The summed E-state index contributed by atoms with van der Waals surface area (Å²) in [4.78, 5) is 35.0. The van der Waals surface area contributed by atoms with Gasteiger partial charge in [-0.15, -0.1) is 0 Å². The molecule has 0 fully saturated rings. The van der Waals surface area contributed by atoms with Gasteiger partial charge in [-0.25, -0.2) is 0 Å². The molecular weight excluding hydrogens is 288 g/mol. The SMILES string of the molecule is CCN(CCC(=O)OC)C(=O)C=Cc1ccccc1[N+](=O)[O-].